The molecule has 2 nitrogen and oxygen atoms in total. The zero-order chi connectivity index (χ0) is 15.8. The first-order chi connectivity index (χ1) is 10.0. The average molecular weight is 297 g/mol. The third kappa shape index (κ3) is 5.56. The third-order valence-electron chi connectivity index (χ3n) is 5.62. The summed E-state index contributed by atoms with van der Waals surface area (Å²) in [4.78, 5) is 2.84. The van der Waals surface area contributed by atoms with Crippen LogP contribution >= 0.6 is 0 Å². The van der Waals surface area contributed by atoms with Crippen molar-refractivity contribution in [2.24, 2.45) is 11.8 Å². The molecule has 0 aromatic heterocycles. The molecule has 0 aromatic carbocycles. The summed E-state index contributed by atoms with van der Waals surface area (Å²) in [6.45, 7) is 16.5. The first-order valence-corrected chi connectivity index (χ1v) is 9.54. The first kappa shape index (κ1) is 19.0. The predicted molar refractivity (Wildman–Crippen MR) is 94.8 cm³/mol. The molecule has 1 saturated carbocycles. The van der Waals surface area contributed by atoms with Gasteiger partial charge < -0.3 is 5.32 Å². The summed E-state index contributed by atoms with van der Waals surface area (Å²) in [5.41, 5.74) is 0. The van der Waals surface area contributed by atoms with Gasteiger partial charge in [0.05, 0.1) is 0 Å². The second-order valence-corrected chi connectivity index (χ2v) is 7.40. The summed E-state index contributed by atoms with van der Waals surface area (Å²) in [6, 6.07) is 2.16. The van der Waals surface area contributed by atoms with Crippen LogP contribution in [0.2, 0.25) is 0 Å². The largest absolute Gasteiger partial charge is 0.313 e. The van der Waals surface area contributed by atoms with Crippen molar-refractivity contribution in [2.45, 2.75) is 98.2 Å². The van der Waals surface area contributed by atoms with E-state index in [1.165, 1.54) is 45.1 Å². The lowest BCUT2D eigenvalue weighted by Gasteiger charge is -2.46. The van der Waals surface area contributed by atoms with Crippen molar-refractivity contribution in [1.29, 1.82) is 0 Å². The normalized spacial score (nSPS) is 28.3. The molecule has 2 heteroatoms. The number of unbranched alkanes of at least 4 members (excludes halogenated alkanes) is 1. The van der Waals surface area contributed by atoms with Crippen molar-refractivity contribution < 1.29 is 0 Å². The molecule has 0 radical (unpaired) electrons. The molecular weight excluding hydrogens is 256 g/mol. The van der Waals surface area contributed by atoms with E-state index in [1.807, 2.05) is 0 Å². The average Bonchev–Trinajstić information content (AvgIpc) is 2.48. The molecule has 1 N–H and O–H groups in total. The Bertz CT molecular complexity index is 264. The minimum Gasteiger partial charge on any atom is -0.313 e. The number of hydrogen-bond acceptors (Lipinski definition) is 2. The summed E-state index contributed by atoms with van der Waals surface area (Å²) in [7, 11) is 0. The van der Waals surface area contributed by atoms with Crippen LogP contribution in [0.3, 0.4) is 0 Å². The minimum atomic E-state index is 0.704. The van der Waals surface area contributed by atoms with Gasteiger partial charge in [0, 0.05) is 18.1 Å². The zero-order valence-corrected chi connectivity index (χ0v) is 15.5. The highest BCUT2D eigenvalue weighted by molar-refractivity contribution is 4.93. The van der Waals surface area contributed by atoms with E-state index in [2.05, 4.69) is 51.8 Å². The summed E-state index contributed by atoms with van der Waals surface area (Å²) >= 11 is 0. The van der Waals surface area contributed by atoms with E-state index in [9.17, 15) is 0 Å². The summed E-state index contributed by atoms with van der Waals surface area (Å²) < 4.78 is 0. The SMILES string of the molecule is CCCCN(C(C)CC)C1CC(C(C)C)CCC1NCC. The van der Waals surface area contributed by atoms with Gasteiger partial charge in [-0.1, -0.05) is 41.0 Å². The molecule has 0 bridgehead atoms. The Hall–Kier alpha value is -0.0800. The Balaban J connectivity index is 2.83. The van der Waals surface area contributed by atoms with Crippen molar-refractivity contribution in [3.05, 3.63) is 0 Å². The second kappa shape index (κ2) is 9.84. The second-order valence-electron chi connectivity index (χ2n) is 7.40. The van der Waals surface area contributed by atoms with E-state index in [0.717, 1.165) is 24.4 Å². The van der Waals surface area contributed by atoms with Crippen LogP contribution in [-0.2, 0) is 0 Å². The molecule has 0 heterocycles. The van der Waals surface area contributed by atoms with E-state index in [-0.39, 0.29) is 0 Å². The number of hydrogen-bond donors (Lipinski definition) is 1. The Morgan fingerprint density at radius 1 is 1.10 bits per heavy atom. The molecule has 1 fully saturated rings. The van der Waals surface area contributed by atoms with Crippen molar-refractivity contribution in [3.8, 4) is 0 Å². The molecule has 0 saturated heterocycles. The fourth-order valence-electron chi connectivity index (χ4n) is 3.94. The van der Waals surface area contributed by atoms with E-state index in [0.29, 0.717) is 12.1 Å². The van der Waals surface area contributed by atoms with E-state index >= 15 is 0 Å². The highest BCUT2D eigenvalue weighted by atomic mass is 15.2. The number of nitrogens with zero attached hydrogens (tertiary/aromatic N) is 1. The molecule has 126 valence electrons. The highest BCUT2D eigenvalue weighted by Crippen LogP contribution is 2.34. The third-order valence-corrected chi connectivity index (χ3v) is 5.62. The Labute approximate surface area is 134 Å². The molecule has 0 amide bonds. The van der Waals surface area contributed by atoms with E-state index < -0.39 is 0 Å². The van der Waals surface area contributed by atoms with Crippen LogP contribution in [0.4, 0.5) is 0 Å². The van der Waals surface area contributed by atoms with Gasteiger partial charge in [-0.15, -0.1) is 0 Å². The quantitative estimate of drug-likeness (QED) is 0.664. The maximum Gasteiger partial charge on any atom is 0.0254 e. The maximum absolute atomic E-state index is 3.79. The van der Waals surface area contributed by atoms with Crippen LogP contribution in [-0.4, -0.2) is 36.1 Å². The van der Waals surface area contributed by atoms with E-state index in [4.69, 9.17) is 0 Å². The topological polar surface area (TPSA) is 15.3 Å². The van der Waals surface area contributed by atoms with Gasteiger partial charge in [0.15, 0.2) is 0 Å². The van der Waals surface area contributed by atoms with Gasteiger partial charge in [-0.3, -0.25) is 4.90 Å². The Kier molecular flexibility index (Phi) is 8.89. The van der Waals surface area contributed by atoms with Crippen molar-refractivity contribution in [1.82, 2.24) is 10.2 Å². The molecule has 0 aromatic rings. The maximum atomic E-state index is 3.79. The minimum absolute atomic E-state index is 0.704. The predicted octanol–water partition coefficient (Wildman–Crippen LogP) is 4.69. The van der Waals surface area contributed by atoms with Gasteiger partial charge in [-0.25, -0.2) is 0 Å². The van der Waals surface area contributed by atoms with Gasteiger partial charge in [0.2, 0.25) is 0 Å². The fourth-order valence-corrected chi connectivity index (χ4v) is 3.94. The monoisotopic (exact) mass is 296 g/mol. The standard InChI is InChI=1S/C19H40N2/c1-7-10-13-21(16(6)8-2)19-14-17(15(4)5)11-12-18(19)20-9-3/h15-20H,7-14H2,1-6H3. The Morgan fingerprint density at radius 3 is 2.33 bits per heavy atom. The molecule has 1 aliphatic carbocycles. The molecule has 1 aliphatic rings. The van der Waals surface area contributed by atoms with Crippen LogP contribution in [0.5, 0.6) is 0 Å². The van der Waals surface area contributed by atoms with Gasteiger partial charge in [-0.2, -0.15) is 0 Å². The van der Waals surface area contributed by atoms with Crippen molar-refractivity contribution in [3.63, 3.8) is 0 Å². The molecule has 1 rings (SSSR count). The smallest absolute Gasteiger partial charge is 0.0254 e. The lowest BCUT2D eigenvalue weighted by atomic mass is 9.76. The van der Waals surface area contributed by atoms with Gasteiger partial charge in [0.25, 0.3) is 0 Å². The molecule has 4 atom stereocenters. The van der Waals surface area contributed by atoms with E-state index in [1.54, 1.807) is 0 Å². The van der Waals surface area contributed by atoms with Crippen LogP contribution in [0, 0.1) is 11.8 Å². The van der Waals surface area contributed by atoms with Crippen LogP contribution in [0.15, 0.2) is 0 Å². The van der Waals surface area contributed by atoms with Gasteiger partial charge >= 0.3 is 0 Å². The van der Waals surface area contributed by atoms with Crippen molar-refractivity contribution in [2.75, 3.05) is 13.1 Å². The number of nitrogens with one attached hydrogen (secondary N) is 1. The van der Waals surface area contributed by atoms with Crippen LogP contribution < -0.4 is 5.32 Å². The Morgan fingerprint density at radius 2 is 1.81 bits per heavy atom. The highest BCUT2D eigenvalue weighted by Gasteiger charge is 2.36. The first-order valence-electron chi connectivity index (χ1n) is 9.54. The van der Waals surface area contributed by atoms with Gasteiger partial charge in [-0.05, 0) is 64.0 Å². The molecule has 4 unspecified atom stereocenters. The van der Waals surface area contributed by atoms with Crippen molar-refractivity contribution >= 4 is 0 Å². The zero-order valence-electron chi connectivity index (χ0n) is 15.5. The van der Waals surface area contributed by atoms with Crippen LogP contribution in [0.1, 0.15) is 80.1 Å². The van der Waals surface area contributed by atoms with Crippen LogP contribution in [0.25, 0.3) is 0 Å². The molecule has 0 spiro atoms. The van der Waals surface area contributed by atoms with Gasteiger partial charge in [0.1, 0.15) is 0 Å². The number of rotatable bonds is 9. The molecule has 0 aliphatic heterocycles. The lowest BCUT2D eigenvalue weighted by molar-refractivity contribution is 0.0530. The molecule has 21 heavy (non-hydrogen) atoms. The summed E-state index contributed by atoms with van der Waals surface area (Å²) in [6.07, 6.45) is 8.08. The molecular formula is C19H40N2. The number of likely N-dealkylation sites (N-methyl/N-ethyl adjacent to an activating group) is 1. The lowest BCUT2D eigenvalue weighted by Crippen LogP contribution is -2.56. The summed E-state index contributed by atoms with van der Waals surface area (Å²) in [5, 5.41) is 3.79. The fraction of sp³-hybridized carbons (Fsp3) is 1.00. The summed E-state index contributed by atoms with van der Waals surface area (Å²) in [5.74, 6) is 1.75.